The number of nitrogens with zero attached hydrogens (tertiary/aromatic N) is 1. The smallest absolute Gasteiger partial charge is 0.305 e. The Morgan fingerprint density at radius 1 is 0.638 bits per heavy atom. The van der Waals surface area contributed by atoms with E-state index in [2.05, 4.69) is 55.4 Å². The quantitative estimate of drug-likeness (QED) is 0.0396. The van der Waals surface area contributed by atoms with E-state index < -0.39 is 0 Å². The van der Waals surface area contributed by atoms with Crippen molar-refractivity contribution in [2.45, 2.75) is 173 Å². The maximum atomic E-state index is 12.0. The van der Waals surface area contributed by atoms with Gasteiger partial charge in [0.25, 0.3) is 0 Å². The van der Waals surface area contributed by atoms with Gasteiger partial charge in [0.1, 0.15) is 0 Å². The zero-order chi connectivity index (χ0) is 34.7. The van der Waals surface area contributed by atoms with Gasteiger partial charge in [-0.05, 0) is 78.3 Å². The molecule has 0 aliphatic rings. The van der Waals surface area contributed by atoms with Gasteiger partial charge in [0.2, 0.25) is 0 Å². The first kappa shape index (κ1) is 45.3. The highest BCUT2D eigenvalue weighted by molar-refractivity contribution is 5.69. The van der Waals surface area contributed by atoms with Gasteiger partial charge in [0.05, 0.1) is 13.2 Å². The maximum absolute atomic E-state index is 12.0. The van der Waals surface area contributed by atoms with Crippen LogP contribution in [0, 0.1) is 0 Å². The molecule has 0 aromatic carbocycles. The number of rotatable bonds is 35. The number of nitrogens with one attached hydrogen (secondary N) is 1. The molecule has 3 N–H and O–H groups in total. The molecule has 0 saturated carbocycles. The van der Waals surface area contributed by atoms with Gasteiger partial charge in [-0.2, -0.15) is 0 Å². The lowest BCUT2D eigenvalue weighted by atomic mass is 9.86. The van der Waals surface area contributed by atoms with Crippen LogP contribution in [0.25, 0.3) is 0 Å². The van der Waals surface area contributed by atoms with Gasteiger partial charge in [-0.3, -0.25) is 9.59 Å². The second kappa shape index (κ2) is 34.2. The SMILES string of the molecule is CCCC/C=C/CCCOC(=O)CCCCCCCC(N)(CCCCCCCC(=O)OCCC/C=C/CCCC)CN(C)CCNC. The summed E-state index contributed by atoms with van der Waals surface area (Å²) in [6, 6.07) is 0. The van der Waals surface area contributed by atoms with Gasteiger partial charge >= 0.3 is 11.9 Å². The summed E-state index contributed by atoms with van der Waals surface area (Å²) in [5.74, 6) is -0.107. The van der Waals surface area contributed by atoms with Crippen LogP contribution in [-0.4, -0.2) is 69.3 Å². The van der Waals surface area contributed by atoms with E-state index in [1.165, 1.54) is 25.7 Å². The molecule has 7 heteroatoms. The molecule has 276 valence electrons. The van der Waals surface area contributed by atoms with Gasteiger partial charge < -0.3 is 25.4 Å². The van der Waals surface area contributed by atoms with Crippen LogP contribution in [0.15, 0.2) is 24.3 Å². The normalized spacial score (nSPS) is 12.1. The van der Waals surface area contributed by atoms with Crippen LogP contribution < -0.4 is 11.1 Å². The van der Waals surface area contributed by atoms with Gasteiger partial charge in [-0.25, -0.2) is 0 Å². The van der Waals surface area contributed by atoms with Crippen molar-refractivity contribution in [3.05, 3.63) is 24.3 Å². The summed E-state index contributed by atoms with van der Waals surface area (Å²) in [6.45, 7) is 8.35. The minimum atomic E-state index is -0.174. The van der Waals surface area contributed by atoms with Crippen molar-refractivity contribution in [3.63, 3.8) is 0 Å². The summed E-state index contributed by atoms with van der Waals surface area (Å²) in [5.41, 5.74) is 6.86. The monoisotopic (exact) mass is 664 g/mol. The van der Waals surface area contributed by atoms with Crippen molar-refractivity contribution in [3.8, 4) is 0 Å². The van der Waals surface area contributed by atoms with E-state index in [1.54, 1.807) is 0 Å². The van der Waals surface area contributed by atoms with Crippen LogP contribution in [0.3, 0.4) is 0 Å². The lowest BCUT2D eigenvalue weighted by molar-refractivity contribution is -0.144. The molecule has 0 aromatic heterocycles. The molecule has 0 aliphatic heterocycles. The van der Waals surface area contributed by atoms with Crippen molar-refractivity contribution in [1.29, 1.82) is 0 Å². The maximum Gasteiger partial charge on any atom is 0.305 e. The van der Waals surface area contributed by atoms with Crippen molar-refractivity contribution < 1.29 is 19.1 Å². The third kappa shape index (κ3) is 32.6. The Balaban J connectivity index is 4.10. The summed E-state index contributed by atoms with van der Waals surface area (Å²) in [7, 11) is 4.16. The van der Waals surface area contributed by atoms with E-state index in [4.69, 9.17) is 15.2 Å². The highest BCUT2D eigenvalue weighted by Crippen LogP contribution is 2.22. The highest BCUT2D eigenvalue weighted by Gasteiger charge is 2.25. The van der Waals surface area contributed by atoms with Crippen molar-refractivity contribution >= 4 is 11.9 Å². The summed E-state index contributed by atoms with van der Waals surface area (Å²) in [5, 5.41) is 3.24. The van der Waals surface area contributed by atoms with Crippen molar-refractivity contribution in [2.75, 3.05) is 46.9 Å². The first-order valence-electron chi connectivity index (χ1n) is 19.6. The molecular weight excluding hydrogens is 586 g/mol. The van der Waals surface area contributed by atoms with Gasteiger partial charge in [0, 0.05) is 38.0 Å². The zero-order valence-electron chi connectivity index (χ0n) is 31.5. The van der Waals surface area contributed by atoms with Crippen LogP contribution in [-0.2, 0) is 19.1 Å². The molecule has 0 amide bonds. The molecule has 0 aliphatic carbocycles. The fraction of sp³-hybridized carbons (Fsp3) is 0.850. The molecule has 0 saturated heterocycles. The summed E-state index contributed by atoms with van der Waals surface area (Å²) >= 11 is 0. The fourth-order valence-corrected chi connectivity index (χ4v) is 5.79. The average molecular weight is 664 g/mol. The molecule has 0 bridgehead atoms. The lowest BCUT2D eigenvalue weighted by Gasteiger charge is -2.34. The minimum Gasteiger partial charge on any atom is -0.466 e. The second-order valence-corrected chi connectivity index (χ2v) is 13.7. The third-order valence-electron chi connectivity index (χ3n) is 8.78. The molecule has 47 heavy (non-hydrogen) atoms. The third-order valence-corrected chi connectivity index (χ3v) is 8.78. The Labute approximate surface area is 291 Å². The Morgan fingerprint density at radius 3 is 1.47 bits per heavy atom. The number of carbonyl (C=O) groups excluding carboxylic acids is 2. The van der Waals surface area contributed by atoms with Gasteiger partial charge in [-0.15, -0.1) is 0 Å². The van der Waals surface area contributed by atoms with Crippen molar-refractivity contribution in [2.24, 2.45) is 5.73 Å². The summed E-state index contributed by atoms with van der Waals surface area (Å²) < 4.78 is 10.8. The van der Waals surface area contributed by atoms with Gasteiger partial charge in [0.15, 0.2) is 0 Å². The number of allylic oxidation sites excluding steroid dienone is 4. The Morgan fingerprint density at radius 2 is 1.04 bits per heavy atom. The van der Waals surface area contributed by atoms with Crippen molar-refractivity contribution in [1.82, 2.24) is 10.2 Å². The van der Waals surface area contributed by atoms with E-state index in [1.807, 2.05) is 7.05 Å². The first-order valence-corrected chi connectivity index (χ1v) is 19.6. The molecule has 0 radical (unpaired) electrons. The van der Waals surface area contributed by atoms with E-state index in [-0.39, 0.29) is 17.5 Å². The lowest BCUT2D eigenvalue weighted by Crippen LogP contribution is -2.50. The number of unbranched alkanes of at least 4 members (excludes halogenated alkanes) is 14. The van der Waals surface area contributed by atoms with Gasteiger partial charge in [-0.1, -0.05) is 115 Å². The van der Waals surface area contributed by atoms with Crippen LogP contribution in [0.5, 0.6) is 0 Å². The fourth-order valence-electron chi connectivity index (χ4n) is 5.79. The topological polar surface area (TPSA) is 93.9 Å². The Kier molecular flexibility index (Phi) is 32.9. The molecular formula is C40H77N3O4. The summed E-state index contributed by atoms with van der Waals surface area (Å²) in [4.78, 5) is 26.4. The number of hydrogen-bond acceptors (Lipinski definition) is 7. The largest absolute Gasteiger partial charge is 0.466 e. The second-order valence-electron chi connectivity index (χ2n) is 13.7. The van der Waals surface area contributed by atoms with E-state index in [0.29, 0.717) is 26.1 Å². The van der Waals surface area contributed by atoms with Crippen LogP contribution in [0.4, 0.5) is 0 Å². The summed E-state index contributed by atoms with van der Waals surface area (Å²) in [6.07, 6.45) is 33.9. The molecule has 0 atom stereocenters. The zero-order valence-corrected chi connectivity index (χ0v) is 31.5. The molecule has 0 heterocycles. The molecule has 0 unspecified atom stereocenters. The van der Waals surface area contributed by atoms with E-state index in [9.17, 15) is 9.59 Å². The first-order chi connectivity index (χ1) is 22.9. The Bertz CT molecular complexity index is 719. The number of nitrogens with two attached hydrogens (primary N) is 1. The minimum absolute atomic E-state index is 0.0536. The molecule has 7 nitrogen and oxygen atoms in total. The van der Waals surface area contributed by atoms with E-state index >= 15 is 0 Å². The van der Waals surface area contributed by atoms with Crippen LogP contribution in [0.2, 0.25) is 0 Å². The molecule has 0 spiro atoms. The standard InChI is InChI=1S/C40H77N3O4/c1-5-7-9-11-13-21-27-35-46-38(44)29-23-17-15-19-25-31-40(41,37-43(4)34-33-42-3)32-26-20-16-18-24-30-39(45)47-36-28-22-14-12-10-8-6-2/h11-14,42H,5-10,15-37,41H2,1-4H3/b13-11+,14-12+. The predicted octanol–water partition coefficient (Wildman–Crippen LogP) is 9.44. The number of hydrogen-bond donors (Lipinski definition) is 2. The predicted molar refractivity (Wildman–Crippen MR) is 201 cm³/mol. The number of esters is 2. The van der Waals surface area contributed by atoms with Crippen LogP contribution in [0.1, 0.15) is 168 Å². The van der Waals surface area contributed by atoms with E-state index in [0.717, 1.165) is 135 Å². The average Bonchev–Trinajstić information content (AvgIpc) is 3.05. The number of likely N-dealkylation sites (N-methyl/N-ethyl adjacent to an activating group) is 2. The Hall–Kier alpha value is -1.70. The van der Waals surface area contributed by atoms with Crippen LogP contribution >= 0.6 is 0 Å². The number of carbonyl (C=O) groups is 2. The molecule has 0 rings (SSSR count). The molecule has 0 aromatic rings. The highest BCUT2D eigenvalue weighted by atomic mass is 16.5. The molecule has 0 fully saturated rings. The number of ether oxygens (including phenoxy) is 2.